The summed E-state index contributed by atoms with van der Waals surface area (Å²) in [4.78, 5) is 13.8. The van der Waals surface area contributed by atoms with Gasteiger partial charge >= 0.3 is 5.97 Å². The quantitative estimate of drug-likeness (QED) is 0.620. The van der Waals surface area contributed by atoms with Crippen LogP contribution in [0.25, 0.3) is 0 Å². The van der Waals surface area contributed by atoms with E-state index in [4.69, 9.17) is 16.5 Å². The second kappa shape index (κ2) is 4.86. The Hall–Kier alpha value is -1.22. The number of hydrogen-bond donors (Lipinski definition) is 1. The molecule has 3 nitrogen and oxygen atoms in total. The van der Waals surface area contributed by atoms with E-state index in [0.717, 1.165) is 11.3 Å². The molecule has 1 aromatic rings. The number of anilines is 1. The van der Waals surface area contributed by atoms with Crippen molar-refractivity contribution in [2.75, 3.05) is 11.4 Å². The Balaban J connectivity index is 2.91. The molecule has 1 N–H and O–H groups in total. The van der Waals surface area contributed by atoms with Crippen molar-refractivity contribution in [3.63, 3.8) is 0 Å². The van der Waals surface area contributed by atoms with Crippen molar-refractivity contribution in [1.82, 2.24) is 0 Å². The van der Waals surface area contributed by atoms with Gasteiger partial charge in [0.2, 0.25) is 0 Å². The van der Waals surface area contributed by atoms with E-state index in [0.29, 0.717) is 12.2 Å². The fourth-order valence-electron chi connectivity index (χ4n) is 1.11. The fraction of sp³-hybridized carbons (Fsp3) is 0.300. The maximum Gasteiger partial charge on any atom is 0.338 e. The van der Waals surface area contributed by atoms with Crippen LogP contribution in [-0.4, -0.2) is 12.6 Å². The number of nitrogens with one attached hydrogen (secondary N) is 1. The van der Waals surface area contributed by atoms with Crippen LogP contribution >= 0.6 is 11.8 Å². The zero-order valence-electron chi connectivity index (χ0n) is 8.13. The Labute approximate surface area is 88.1 Å². The summed E-state index contributed by atoms with van der Waals surface area (Å²) >= 11 is 5.46. The van der Waals surface area contributed by atoms with Gasteiger partial charge in [-0.3, -0.25) is 4.84 Å². The molecule has 0 fully saturated rings. The highest BCUT2D eigenvalue weighted by atomic mass is 35.5. The summed E-state index contributed by atoms with van der Waals surface area (Å²) < 4.78 is 4.86. The van der Waals surface area contributed by atoms with Crippen LogP contribution in [0.3, 0.4) is 0 Å². The van der Waals surface area contributed by atoms with Gasteiger partial charge in [0.1, 0.15) is 0 Å². The van der Waals surface area contributed by atoms with Gasteiger partial charge in [-0.05, 0) is 37.6 Å². The lowest BCUT2D eigenvalue weighted by molar-refractivity contribution is 0.0526. The number of esters is 1. The molecule has 0 saturated heterocycles. The van der Waals surface area contributed by atoms with E-state index in [1.165, 1.54) is 0 Å². The second-order valence-electron chi connectivity index (χ2n) is 2.84. The predicted molar refractivity (Wildman–Crippen MR) is 56.6 cm³/mol. The van der Waals surface area contributed by atoms with Gasteiger partial charge in [0, 0.05) is 11.8 Å². The van der Waals surface area contributed by atoms with E-state index in [2.05, 4.69) is 4.84 Å². The first kappa shape index (κ1) is 10.9. The lowest BCUT2D eigenvalue weighted by atomic mass is 10.1. The summed E-state index contributed by atoms with van der Waals surface area (Å²) in [6, 6.07) is 5.16. The zero-order chi connectivity index (χ0) is 10.6. The summed E-state index contributed by atoms with van der Waals surface area (Å²) in [6.07, 6.45) is 0. The molecule has 1 aromatic carbocycles. The molecule has 0 aliphatic carbocycles. The van der Waals surface area contributed by atoms with Gasteiger partial charge in [-0.1, -0.05) is 0 Å². The molecular formula is C10H12ClNO2. The van der Waals surface area contributed by atoms with E-state index >= 15 is 0 Å². The Bertz CT molecular complexity index is 339. The molecule has 0 saturated carbocycles. The normalized spacial score (nSPS) is 9.64. The van der Waals surface area contributed by atoms with E-state index in [1.54, 1.807) is 25.1 Å². The van der Waals surface area contributed by atoms with Crippen molar-refractivity contribution >= 4 is 23.4 Å². The summed E-state index contributed by atoms with van der Waals surface area (Å²) in [6.45, 7) is 4.03. The van der Waals surface area contributed by atoms with E-state index < -0.39 is 0 Å². The third kappa shape index (κ3) is 2.39. The molecule has 76 valence electrons. The van der Waals surface area contributed by atoms with Crippen LogP contribution in [0, 0.1) is 6.92 Å². The molecule has 0 atom stereocenters. The summed E-state index contributed by atoms with van der Waals surface area (Å²) in [5.41, 5.74) is 2.24. The first-order valence-corrected chi connectivity index (χ1v) is 4.71. The largest absolute Gasteiger partial charge is 0.462 e. The molecular weight excluding hydrogens is 202 g/mol. The molecule has 1 rings (SSSR count). The lowest BCUT2D eigenvalue weighted by Crippen LogP contribution is -2.04. The maximum absolute atomic E-state index is 11.3. The molecule has 0 radical (unpaired) electrons. The van der Waals surface area contributed by atoms with E-state index in [1.807, 2.05) is 6.92 Å². The standard InChI is InChI=1S/C10H12ClNO2/c1-3-14-10(13)8-4-5-9(12-11)7(2)6-8/h4-6,12H,3H2,1-2H3. The van der Waals surface area contributed by atoms with Crippen molar-refractivity contribution in [3.05, 3.63) is 29.3 Å². The number of rotatable bonds is 3. The third-order valence-electron chi connectivity index (χ3n) is 1.84. The van der Waals surface area contributed by atoms with Gasteiger partial charge in [0.05, 0.1) is 17.9 Å². The summed E-state index contributed by atoms with van der Waals surface area (Å²) in [5.74, 6) is -0.309. The third-order valence-corrected chi connectivity index (χ3v) is 2.04. The van der Waals surface area contributed by atoms with Crippen LogP contribution in [0.2, 0.25) is 0 Å². The molecule has 0 spiro atoms. The second-order valence-corrected chi connectivity index (χ2v) is 3.03. The smallest absolute Gasteiger partial charge is 0.338 e. The maximum atomic E-state index is 11.3. The van der Waals surface area contributed by atoms with Crippen LogP contribution in [0.1, 0.15) is 22.8 Å². The summed E-state index contributed by atoms with van der Waals surface area (Å²) in [5, 5.41) is 0. The monoisotopic (exact) mass is 213 g/mol. The lowest BCUT2D eigenvalue weighted by Gasteiger charge is -2.06. The van der Waals surface area contributed by atoms with Crippen molar-refractivity contribution in [2.45, 2.75) is 13.8 Å². The average Bonchev–Trinajstić information content (AvgIpc) is 2.18. The van der Waals surface area contributed by atoms with Crippen molar-refractivity contribution in [3.8, 4) is 0 Å². The average molecular weight is 214 g/mol. The van der Waals surface area contributed by atoms with E-state index in [9.17, 15) is 4.79 Å². The molecule has 0 unspecified atom stereocenters. The Morgan fingerprint density at radius 2 is 2.29 bits per heavy atom. The van der Waals surface area contributed by atoms with Crippen molar-refractivity contribution < 1.29 is 9.53 Å². The minimum absolute atomic E-state index is 0.309. The first-order valence-electron chi connectivity index (χ1n) is 4.33. The van der Waals surface area contributed by atoms with Gasteiger partial charge < -0.3 is 4.74 Å². The molecule has 0 bridgehead atoms. The molecule has 0 aliphatic heterocycles. The number of aryl methyl sites for hydroxylation is 1. The summed E-state index contributed by atoms with van der Waals surface area (Å²) in [7, 11) is 0. The van der Waals surface area contributed by atoms with Gasteiger partial charge in [-0.25, -0.2) is 4.79 Å². The fourth-order valence-corrected chi connectivity index (χ4v) is 1.32. The highest BCUT2D eigenvalue weighted by molar-refractivity contribution is 6.24. The molecule has 0 amide bonds. The van der Waals surface area contributed by atoms with Crippen LogP contribution in [0.5, 0.6) is 0 Å². The Morgan fingerprint density at radius 1 is 1.57 bits per heavy atom. The molecule has 0 heterocycles. The number of halogens is 1. The molecule has 4 heteroatoms. The van der Waals surface area contributed by atoms with Crippen LogP contribution in [0.4, 0.5) is 5.69 Å². The number of carbonyl (C=O) groups is 1. The number of hydrogen-bond acceptors (Lipinski definition) is 3. The van der Waals surface area contributed by atoms with Crippen LogP contribution in [0.15, 0.2) is 18.2 Å². The molecule has 0 aliphatic rings. The highest BCUT2D eigenvalue weighted by Crippen LogP contribution is 2.17. The van der Waals surface area contributed by atoms with Crippen molar-refractivity contribution in [2.24, 2.45) is 0 Å². The SMILES string of the molecule is CCOC(=O)c1ccc(NCl)c(C)c1. The first-order chi connectivity index (χ1) is 6.69. The molecule has 0 aromatic heterocycles. The van der Waals surface area contributed by atoms with Crippen LogP contribution < -0.4 is 4.84 Å². The number of benzene rings is 1. The predicted octanol–water partition coefficient (Wildman–Crippen LogP) is 2.74. The van der Waals surface area contributed by atoms with Gasteiger partial charge in [0.15, 0.2) is 0 Å². The van der Waals surface area contributed by atoms with Gasteiger partial charge in [0.25, 0.3) is 0 Å². The van der Waals surface area contributed by atoms with Crippen LogP contribution in [-0.2, 0) is 4.74 Å². The highest BCUT2D eigenvalue weighted by Gasteiger charge is 2.07. The Morgan fingerprint density at radius 3 is 2.79 bits per heavy atom. The topological polar surface area (TPSA) is 38.3 Å². The minimum Gasteiger partial charge on any atom is -0.462 e. The van der Waals surface area contributed by atoms with E-state index in [-0.39, 0.29) is 5.97 Å². The zero-order valence-corrected chi connectivity index (χ0v) is 8.89. The van der Waals surface area contributed by atoms with Crippen molar-refractivity contribution in [1.29, 1.82) is 0 Å². The molecule has 14 heavy (non-hydrogen) atoms. The Kier molecular flexibility index (Phi) is 3.77. The number of ether oxygens (including phenoxy) is 1. The minimum atomic E-state index is -0.309. The van der Waals surface area contributed by atoms with Gasteiger partial charge in [-0.15, -0.1) is 0 Å². The number of carbonyl (C=O) groups excluding carboxylic acids is 1. The van der Waals surface area contributed by atoms with Gasteiger partial charge in [-0.2, -0.15) is 0 Å².